The van der Waals surface area contributed by atoms with Crippen molar-refractivity contribution in [2.24, 2.45) is 10.9 Å². The number of piperidine rings is 1. The molecule has 0 aliphatic carbocycles. The molecular formula is C21H35IN4O2. The molecule has 2 rings (SSSR count). The Bertz CT molecular complexity index is 621. The van der Waals surface area contributed by atoms with Crippen LogP contribution in [-0.4, -0.2) is 62.0 Å². The van der Waals surface area contributed by atoms with Crippen LogP contribution in [0.2, 0.25) is 0 Å². The van der Waals surface area contributed by atoms with E-state index in [0.29, 0.717) is 25.5 Å². The smallest absolute Gasteiger partial charge is 0.224 e. The molecule has 6 nitrogen and oxygen atoms in total. The van der Waals surface area contributed by atoms with Crippen molar-refractivity contribution in [2.45, 2.75) is 39.7 Å². The van der Waals surface area contributed by atoms with Gasteiger partial charge in [-0.05, 0) is 43.4 Å². The van der Waals surface area contributed by atoms with Gasteiger partial charge in [-0.15, -0.1) is 24.0 Å². The Kier molecular flexibility index (Phi) is 11.3. The molecular weight excluding hydrogens is 467 g/mol. The average Bonchev–Trinajstić information content (AvgIpc) is 2.66. The number of guanidine groups is 1. The first-order valence-electron chi connectivity index (χ1n) is 9.94. The van der Waals surface area contributed by atoms with Crippen LogP contribution in [0.4, 0.5) is 0 Å². The van der Waals surface area contributed by atoms with Gasteiger partial charge in [0.15, 0.2) is 5.96 Å². The van der Waals surface area contributed by atoms with Gasteiger partial charge in [-0.1, -0.05) is 19.1 Å². The zero-order valence-electron chi connectivity index (χ0n) is 17.6. The van der Waals surface area contributed by atoms with Gasteiger partial charge < -0.3 is 19.9 Å². The van der Waals surface area contributed by atoms with E-state index in [4.69, 9.17) is 4.74 Å². The number of ether oxygens (including phenoxy) is 1. The van der Waals surface area contributed by atoms with E-state index in [1.54, 1.807) is 7.05 Å². The van der Waals surface area contributed by atoms with Gasteiger partial charge in [0.1, 0.15) is 5.75 Å². The predicted octanol–water partition coefficient (Wildman–Crippen LogP) is 3.36. The normalized spacial score (nSPS) is 16.9. The lowest BCUT2D eigenvalue weighted by atomic mass is 10.00. The number of aliphatic imine (C=N–C) groups is 1. The Morgan fingerprint density at radius 1 is 1.36 bits per heavy atom. The number of rotatable bonds is 7. The SMILES string of the molecule is CCOc1ccc(CN(C)C(=NC)NCCC(=O)N2CCCC(C)C2)cc1.I. The van der Waals surface area contributed by atoms with Crippen LogP contribution in [0, 0.1) is 5.92 Å². The van der Waals surface area contributed by atoms with Crippen molar-refractivity contribution in [1.82, 2.24) is 15.1 Å². The third-order valence-electron chi connectivity index (χ3n) is 4.86. The Morgan fingerprint density at radius 2 is 2.07 bits per heavy atom. The Morgan fingerprint density at radius 3 is 2.68 bits per heavy atom. The minimum Gasteiger partial charge on any atom is -0.494 e. The second kappa shape index (κ2) is 12.9. The number of hydrogen-bond donors (Lipinski definition) is 1. The summed E-state index contributed by atoms with van der Waals surface area (Å²) in [4.78, 5) is 20.8. The highest BCUT2D eigenvalue weighted by atomic mass is 127. The van der Waals surface area contributed by atoms with Crippen LogP contribution < -0.4 is 10.1 Å². The molecule has 1 saturated heterocycles. The summed E-state index contributed by atoms with van der Waals surface area (Å²) in [7, 11) is 3.77. The Hall–Kier alpha value is -1.51. The van der Waals surface area contributed by atoms with E-state index in [1.165, 1.54) is 12.0 Å². The van der Waals surface area contributed by atoms with E-state index in [-0.39, 0.29) is 29.9 Å². The fraction of sp³-hybridized carbons (Fsp3) is 0.619. The summed E-state index contributed by atoms with van der Waals surface area (Å²) in [6, 6.07) is 8.11. The number of halogens is 1. The standard InChI is InChI=1S/C21H34N4O2.HI/c1-5-27-19-10-8-18(9-11-19)16-24(4)21(22-3)23-13-12-20(26)25-14-6-7-17(2)15-25;/h8-11,17H,5-7,12-16H2,1-4H3,(H,22,23);1H. The maximum Gasteiger partial charge on any atom is 0.224 e. The summed E-state index contributed by atoms with van der Waals surface area (Å²) < 4.78 is 5.48. The van der Waals surface area contributed by atoms with Crippen LogP contribution >= 0.6 is 24.0 Å². The van der Waals surface area contributed by atoms with E-state index in [1.807, 2.05) is 31.0 Å². The van der Waals surface area contributed by atoms with Crippen LogP contribution in [0.15, 0.2) is 29.3 Å². The maximum atomic E-state index is 12.4. The molecule has 7 heteroatoms. The molecule has 1 amide bonds. The Balaban J connectivity index is 0.00000392. The number of carbonyl (C=O) groups is 1. The molecule has 0 spiro atoms. The zero-order chi connectivity index (χ0) is 19.6. The number of amides is 1. The van der Waals surface area contributed by atoms with E-state index >= 15 is 0 Å². The van der Waals surface area contributed by atoms with Crippen LogP contribution in [0.5, 0.6) is 5.75 Å². The van der Waals surface area contributed by atoms with E-state index < -0.39 is 0 Å². The number of nitrogens with one attached hydrogen (secondary N) is 1. The highest BCUT2D eigenvalue weighted by Crippen LogP contribution is 2.16. The number of hydrogen-bond acceptors (Lipinski definition) is 3. The van der Waals surface area contributed by atoms with Crippen LogP contribution in [-0.2, 0) is 11.3 Å². The number of likely N-dealkylation sites (tertiary alicyclic amines) is 1. The van der Waals surface area contributed by atoms with Crippen LogP contribution in [0.25, 0.3) is 0 Å². The lowest BCUT2D eigenvalue weighted by molar-refractivity contribution is -0.132. The van der Waals surface area contributed by atoms with Crippen molar-refractivity contribution >= 4 is 35.8 Å². The molecule has 1 aliphatic heterocycles. The highest BCUT2D eigenvalue weighted by Gasteiger charge is 2.20. The Labute approximate surface area is 186 Å². The van der Waals surface area contributed by atoms with Gasteiger partial charge in [-0.2, -0.15) is 0 Å². The van der Waals surface area contributed by atoms with E-state index in [9.17, 15) is 4.79 Å². The van der Waals surface area contributed by atoms with Gasteiger partial charge in [-0.25, -0.2) is 0 Å². The zero-order valence-corrected chi connectivity index (χ0v) is 19.9. The molecule has 1 aromatic rings. The van der Waals surface area contributed by atoms with Gasteiger partial charge in [0, 0.05) is 46.7 Å². The molecule has 1 aromatic carbocycles. The van der Waals surface area contributed by atoms with Gasteiger partial charge in [0.2, 0.25) is 5.91 Å². The fourth-order valence-electron chi connectivity index (χ4n) is 3.45. The molecule has 0 radical (unpaired) electrons. The predicted molar refractivity (Wildman–Crippen MR) is 125 cm³/mol. The topological polar surface area (TPSA) is 57.2 Å². The van der Waals surface area contributed by atoms with Crippen molar-refractivity contribution in [3.8, 4) is 5.75 Å². The minimum absolute atomic E-state index is 0. The quantitative estimate of drug-likeness (QED) is 0.353. The van der Waals surface area contributed by atoms with Gasteiger partial charge in [0.05, 0.1) is 6.61 Å². The molecule has 1 aliphatic rings. The molecule has 1 unspecified atom stereocenters. The molecule has 158 valence electrons. The van der Waals surface area contributed by atoms with Crippen molar-refractivity contribution in [3.63, 3.8) is 0 Å². The van der Waals surface area contributed by atoms with Gasteiger partial charge in [-0.3, -0.25) is 9.79 Å². The number of carbonyl (C=O) groups excluding carboxylic acids is 1. The lowest BCUT2D eigenvalue weighted by Gasteiger charge is -2.31. The maximum absolute atomic E-state index is 12.4. The first-order chi connectivity index (χ1) is 13.0. The monoisotopic (exact) mass is 502 g/mol. The van der Waals surface area contributed by atoms with Crippen molar-refractivity contribution < 1.29 is 9.53 Å². The van der Waals surface area contributed by atoms with Crippen molar-refractivity contribution in [1.29, 1.82) is 0 Å². The number of benzene rings is 1. The number of nitrogens with zero attached hydrogens (tertiary/aromatic N) is 3. The summed E-state index contributed by atoms with van der Waals surface area (Å²) in [6.07, 6.45) is 2.85. The van der Waals surface area contributed by atoms with Crippen molar-refractivity contribution in [3.05, 3.63) is 29.8 Å². The molecule has 0 bridgehead atoms. The second-order valence-electron chi connectivity index (χ2n) is 7.24. The van der Waals surface area contributed by atoms with E-state index in [0.717, 1.165) is 37.8 Å². The summed E-state index contributed by atoms with van der Waals surface area (Å²) >= 11 is 0. The summed E-state index contributed by atoms with van der Waals surface area (Å²) in [5, 5.41) is 3.31. The minimum atomic E-state index is 0. The fourth-order valence-corrected chi connectivity index (χ4v) is 3.45. The molecule has 0 saturated carbocycles. The molecule has 1 heterocycles. The molecule has 1 fully saturated rings. The summed E-state index contributed by atoms with van der Waals surface area (Å²) in [6.45, 7) is 8.00. The molecule has 1 atom stereocenters. The third-order valence-corrected chi connectivity index (χ3v) is 4.86. The lowest BCUT2D eigenvalue weighted by Crippen LogP contribution is -2.42. The summed E-state index contributed by atoms with van der Waals surface area (Å²) in [5.41, 5.74) is 1.18. The van der Waals surface area contributed by atoms with Crippen LogP contribution in [0.1, 0.15) is 38.7 Å². The van der Waals surface area contributed by atoms with Gasteiger partial charge in [0.25, 0.3) is 0 Å². The molecule has 28 heavy (non-hydrogen) atoms. The molecule has 1 N–H and O–H groups in total. The second-order valence-corrected chi connectivity index (χ2v) is 7.24. The average molecular weight is 502 g/mol. The largest absolute Gasteiger partial charge is 0.494 e. The third kappa shape index (κ3) is 7.85. The van der Waals surface area contributed by atoms with Gasteiger partial charge >= 0.3 is 0 Å². The summed E-state index contributed by atoms with van der Waals surface area (Å²) in [5.74, 6) is 2.53. The first-order valence-corrected chi connectivity index (χ1v) is 9.94. The van der Waals surface area contributed by atoms with E-state index in [2.05, 4.69) is 34.3 Å². The molecule has 0 aromatic heterocycles. The van der Waals surface area contributed by atoms with Crippen molar-refractivity contribution in [2.75, 3.05) is 40.3 Å². The van der Waals surface area contributed by atoms with Crippen LogP contribution in [0.3, 0.4) is 0 Å². The highest BCUT2D eigenvalue weighted by molar-refractivity contribution is 14.0. The first kappa shape index (κ1) is 24.5.